The second kappa shape index (κ2) is 18.0. The molecular formula is C38H38Cl2O8. The third-order valence-corrected chi connectivity index (χ3v) is 7.62. The van der Waals surface area contributed by atoms with E-state index in [1.54, 1.807) is 86.6 Å². The Bertz CT molecular complexity index is 1620. The Morgan fingerprint density at radius 2 is 0.854 bits per heavy atom. The molecule has 0 spiro atoms. The van der Waals surface area contributed by atoms with Crippen LogP contribution in [0.25, 0.3) is 0 Å². The lowest BCUT2D eigenvalue weighted by Gasteiger charge is -2.13. The molecule has 8 nitrogen and oxygen atoms in total. The van der Waals surface area contributed by atoms with Crippen LogP contribution < -0.4 is 9.47 Å². The molecule has 0 aliphatic carbocycles. The van der Waals surface area contributed by atoms with Crippen LogP contribution in [-0.4, -0.2) is 49.9 Å². The van der Waals surface area contributed by atoms with Crippen molar-refractivity contribution in [1.82, 2.24) is 0 Å². The van der Waals surface area contributed by atoms with E-state index < -0.39 is 11.9 Å². The maximum Gasteiger partial charge on any atom is 0.344 e. The summed E-state index contributed by atoms with van der Waals surface area (Å²) in [5, 5.41) is 0.834. The molecule has 0 saturated carbocycles. The van der Waals surface area contributed by atoms with E-state index in [2.05, 4.69) is 0 Å². The standard InChI is InChI=1S/2C19H19ClO4/c2*1-4-23-17(21)11-24-19-12(2)9-14(10-13(19)3)18(22)15-7-5-6-8-16(15)20/h2*5-10H,4,11H2,1-3H3. The van der Waals surface area contributed by atoms with E-state index >= 15 is 0 Å². The fourth-order valence-corrected chi connectivity index (χ4v) is 5.33. The van der Waals surface area contributed by atoms with Crippen LogP contribution in [0.15, 0.2) is 72.8 Å². The molecule has 0 aliphatic rings. The van der Waals surface area contributed by atoms with Crippen molar-refractivity contribution in [2.24, 2.45) is 0 Å². The average Bonchev–Trinajstić information content (AvgIpc) is 3.04. The minimum Gasteiger partial charge on any atom is -0.481 e. The van der Waals surface area contributed by atoms with E-state index in [9.17, 15) is 19.2 Å². The average molecular weight is 694 g/mol. The molecule has 252 valence electrons. The summed E-state index contributed by atoms with van der Waals surface area (Å²) in [4.78, 5) is 48.1. The Kier molecular flexibility index (Phi) is 14.2. The summed E-state index contributed by atoms with van der Waals surface area (Å²) in [6, 6.07) is 20.8. The molecule has 4 aromatic rings. The number of hydrogen-bond acceptors (Lipinski definition) is 8. The zero-order chi connectivity index (χ0) is 35.4. The molecule has 48 heavy (non-hydrogen) atoms. The number of ketones is 2. The van der Waals surface area contributed by atoms with Crippen molar-refractivity contribution in [2.45, 2.75) is 41.5 Å². The maximum atomic E-state index is 12.6. The molecule has 0 fully saturated rings. The molecule has 0 bridgehead atoms. The topological polar surface area (TPSA) is 105 Å². The second-order valence-electron chi connectivity index (χ2n) is 10.7. The molecule has 0 aliphatic heterocycles. The molecule has 4 aromatic carbocycles. The first-order chi connectivity index (χ1) is 22.9. The Morgan fingerprint density at radius 1 is 0.542 bits per heavy atom. The molecule has 0 unspecified atom stereocenters. The van der Waals surface area contributed by atoms with Crippen LogP contribution in [0.5, 0.6) is 11.5 Å². The number of aryl methyl sites for hydroxylation is 4. The molecule has 0 aromatic heterocycles. The highest BCUT2D eigenvalue weighted by molar-refractivity contribution is 6.35. The Hall–Kier alpha value is -4.66. The lowest BCUT2D eigenvalue weighted by atomic mass is 9.98. The number of carbonyl (C=O) groups excluding carboxylic acids is 4. The highest BCUT2D eigenvalue weighted by atomic mass is 35.5. The van der Waals surface area contributed by atoms with Gasteiger partial charge in [-0.25, -0.2) is 9.59 Å². The van der Waals surface area contributed by atoms with Gasteiger partial charge in [-0.05, 0) is 112 Å². The van der Waals surface area contributed by atoms with Crippen molar-refractivity contribution in [3.8, 4) is 11.5 Å². The van der Waals surface area contributed by atoms with Crippen molar-refractivity contribution in [1.29, 1.82) is 0 Å². The third kappa shape index (κ3) is 10.2. The van der Waals surface area contributed by atoms with E-state index in [1.807, 2.05) is 27.7 Å². The Balaban J connectivity index is 0.000000260. The third-order valence-electron chi connectivity index (χ3n) is 6.96. The van der Waals surface area contributed by atoms with Crippen LogP contribution in [0, 0.1) is 27.7 Å². The lowest BCUT2D eigenvalue weighted by molar-refractivity contribution is -0.146. The highest BCUT2D eigenvalue weighted by Gasteiger charge is 2.18. The smallest absolute Gasteiger partial charge is 0.344 e. The van der Waals surface area contributed by atoms with E-state index in [4.69, 9.17) is 42.1 Å². The van der Waals surface area contributed by atoms with Crippen LogP contribution in [0.2, 0.25) is 10.0 Å². The van der Waals surface area contributed by atoms with Gasteiger partial charge < -0.3 is 18.9 Å². The first kappa shape index (κ1) is 37.8. The largest absolute Gasteiger partial charge is 0.481 e. The van der Waals surface area contributed by atoms with Gasteiger partial charge in [-0.15, -0.1) is 0 Å². The summed E-state index contributed by atoms with van der Waals surface area (Å²) in [6.45, 7) is 11.1. The van der Waals surface area contributed by atoms with Crippen LogP contribution in [-0.2, 0) is 19.1 Å². The zero-order valence-corrected chi connectivity index (χ0v) is 29.3. The van der Waals surface area contributed by atoms with Crippen molar-refractivity contribution in [3.63, 3.8) is 0 Å². The minimum atomic E-state index is -0.424. The fraction of sp³-hybridized carbons (Fsp3) is 0.263. The lowest BCUT2D eigenvalue weighted by Crippen LogP contribution is -2.15. The van der Waals surface area contributed by atoms with Gasteiger partial charge in [0.05, 0.1) is 23.3 Å². The summed E-state index contributed by atoms with van der Waals surface area (Å²) in [5.74, 6) is 0.0186. The number of carbonyl (C=O) groups is 4. The number of halogens is 2. The molecule has 0 heterocycles. The quantitative estimate of drug-likeness (QED) is 0.108. The SMILES string of the molecule is CCOC(=O)COc1c(C)cc(C(=O)c2ccccc2Cl)cc1C.CCOC(=O)COc1c(C)cc(C(=O)c2ccccc2Cl)cc1C. The summed E-state index contributed by atoms with van der Waals surface area (Å²) in [7, 11) is 0. The van der Waals surface area contributed by atoms with E-state index in [0.29, 0.717) is 57.0 Å². The molecule has 4 rings (SSSR count). The maximum absolute atomic E-state index is 12.6. The van der Waals surface area contributed by atoms with Crippen LogP contribution in [0.4, 0.5) is 0 Å². The van der Waals surface area contributed by atoms with Gasteiger partial charge >= 0.3 is 11.9 Å². The fourth-order valence-electron chi connectivity index (χ4n) is 4.89. The van der Waals surface area contributed by atoms with Crippen molar-refractivity contribution < 1.29 is 38.1 Å². The van der Waals surface area contributed by atoms with Gasteiger partial charge in [-0.3, -0.25) is 9.59 Å². The first-order valence-electron chi connectivity index (χ1n) is 15.3. The van der Waals surface area contributed by atoms with Crippen LogP contribution in [0.1, 0.15) is 67.9 Å². The summed E-state index contributed by atoms with van der Waals surface area (Å²) in [5.41, 5.74) is 5.06. The van der Waals surface area contributed by atoms with E-state index in [0.717, 1.165) is 22.3 Å². The molecule has 0 amide bonds. The van der Waals surface area contributed by atoms with Crippen molar-refractivity contribution >= 4 is 46.7 Å². The van der Waals surface area contributed by atoms with Gasteiger partial charge in [-0.1, -0.05) is 47.5 Å². The molecule has 0 radical (unpaired) electrons. The number of ether oxygens (including phenoxy) is 4. The monoisotopic (exact) mass is 692 g/mol. The molecule has 0 N–H and O–H groups in total. The predicted octanol–water partition coefficient (Wildman–Crippen LogP) is 8.26. The highest BCUT2D eigenvalue weighted by Crippen LogP contribution is 2.29. The Labute approximate surface area is 290 Å². The molecular weight excluding hydrogens is 655 g/mol. The van der Waals surface area contributed by atoms with Gasteiger partial charge in [0.1, 0.15) is 11.5 Å². The van der Waals surface area contributed by atoms with Gasteiger partial charge in [0.25, 0.3) is 0 Å². The van der Waals surface area contributed by atoms with Crippen LogP contribution in [0.3, 0.4) is 0 Å². The normalized spacial score (nSPS) is 10.3. The number of esters is 2. The molecule has 0 atom stereocenters. The Morgan fingerprint density at radius 3 is 1.15 bits per heavy atom. The van der Waals surface area contributed by atoms with Crippen molar-refractivity contribution in [2.75, 3.05) is 26.4 Å². The molecule has 10 heteroatoms. The van der Waals surface area contributed by atoms with Crippen molar-refractivity contribution in [3.05, 3.63) is 127 Å². The van der Waals surface area contributed by atoms with Gasteiger partial charge in [-0.2, -0.15) is 0 Å². The summed E-state index contributed by atoms with van der Waals surface area (Å²) in [6.07, 6.45) is 0. The summed E-state index contributed by atoms with van der Waals surface area (Å²) >= 11 is 12.2. The zero-order valence-electron chi connectivity index (χ0n) is 27.8. The van der Waals surface area contributed by atoms with Gasteiger partial charge in [0.15, 0.2) is 24.8 Å². The minimum absolute atomic E-state index is 0.149. The summed E-state index contributed by atoms with van der Waals surface area (Å²) < 4.78 is 20.8. The second-order valence-corrected chi connectivity index (χ2v) is 11.5. The first-order valence-corrected chi connectivity index (χ1v) is 16.0. The van der Waals surface area contributed by atoms with Crippen LogP contribution >= 0.6 is 23.2 Å². The number of rotatable bonds is 12. The molecule has 0 saturated heterocycles. The van der Waals surface area contributed by atoms with E-state index in [-0.39, 0.29) is 24.8 Å². The number of hydrogen-bond donors (Lipinski definition) is 0. The van der Waals surface area contributed by atoms with Gasteiger partial charge in [0.2, 0.25) is 0 Å². The van der Waals surface area contributed by atoms with Gasteiger partial charge in [0, 0.05) is 22.3 Å². The number of benzene rings is 4. The predicted molar refractivity (Wildman–Crippen MR) is 186 cm³/mol. The van der Waals surface area contributed by atoms with E-state index in [1.165, 1.54) is 0 Å².